The number of nitrogens with zero attached hydrogens (tertiary/aromatic N) is 3. The van der Waals surface area contributed by atoms with Crippen molar-refractivity contribution in [2.45, 2.75) is 13.3 Å². The van der Waals surface area contributed by atoms with Crippen molar-refractivity contribution in [1.82, 2.24) is 19.9 Å². The van der Waals surface area contributed by atoms with Gasteiger partial charge in [-0.25, -0.2) is 4.52 Å². The number of carbonyl (C=O) groups excluding carboxylic acids is 1. The van der Waals surface area contributed by atoms with Crippen molar-refractivity contribution < 1.29 is 4.79 Å². The Morgan fingerprint density at radius 2 is 2.35 bits per heavy atom. The molecule has 0 aliphatic carbocycles. The maximum absolute atomic E-state index is 11.0. The first-order valence-corrected chi connectivity index (χ1v) is 5.47. The molecule has 2 aromatic heterocycles. The van der Waals surface area contributed by atoms with Gasteiger partial charge >= 0.3 is 0 Å². The van der Waals surface area contributed by atoms with Crippen LogP contribution in [0.25, 0.3) is 5.65 Å². The molecule has 0 fully saturated rings. The molecule has 0 aromatic carbocycles. The van der Waals surface area contributed by atoms with E-state index in [1.807, 2.05) is 25.3 Å². The highest BCUT2D eigenvalue weighted by Crippen LogP contribution is 2.09. The molecule has 0 aliphatic rings. The summed E-state index contributed by atoms with van der Waals surface area (Å²) < 4.78 is 1.72. The third-order valence-corrected chi connectivity index (χ3v) is 2.47. The molecule has 0 saturated carbocycles. The molecular weight excluding hydrogens is 218 g/mol. The van der Waals surface area contributed by atoms with Crippen LogP contribution in [0, 0.1) is 6.92 Å². The van der Waals surface area contributed by atoms with Gasteiger partial charge in [0.2, 0.25) is 11.9 Å². The molecule has 0 radical (unpaired) electrons. The van der Waals surface area contributed by atoms with E-state index in [4.69, 9.17) is 0 Å². The number of amides is 1. The van der Waals surface area contributed by atoms with Crippen LogP contribution in [0.5, 0.6) is 0 Å². The fraction of sp³-hybridized carbons (Fsp3) is 0.364. The monoisotopic (exact) mass is 233 g/mol. The summed E-state index contributed by atoms with van der Waals surface area (Å²) in [5.41, 5.74) is 1.90. The molecule has 2 aromatic rings. The van der Waals surface area contributed by atoms with Gasteiger partial charge in [-0.1, -0.05) is 6.07 Å². The minimum atomic E-state index is -0.00237. The minimum Gasteiger partial charge on any atom is -0.359 e. The second kappa shape index (κ2) is 4.82. The van der Waals surface area contributed by atoms with Gasteiger partial charge in [0.15, 0.2) is 5.65 Å². The van der Waals surface area contributed by atoms with E-state index in [9.17, 15) is 4.79 Å². The number of anilines is 1. The van der Waals surface area contributed by atoms with E-state index in [0.717, 1.165) is 11.2 Å². The van der Waals surface area contributed by atoms with Crippen LogP contribution in [0.15, 0.2) is 18.3 Å². The predicted octanol–water partition coefficient (Wildman–Crippen LogP) is 0.586. The Morgan fingerprint density at radius 3 is 3.06 bits per heavy atom. The van der Waals surface area contributed by atoms with Crippen LogP contribution in [0.3, 0.4) is 0 Å². The number of pyridine rings is 1. The van der Waals surface area contributed by atoms with E-state index in [1.54, 1.807) is 11.6 Å². The second-order valence-electron chi connectivity index (χ2n) is 3.74. The Labute approximate surface area is 99.0 Å². The smallest absolute Gasteiger partial charge is 0.243 e. The summed E-state index contributed by atoms with van der Waals surface area (Å²) in [6.45, 7) is 2.51. The number of hydrogen-bond acceptors (Lipinski definition) is 4. The molecule has 2 N–H and O–H groups in total. The lowest BCUT2D eigenvalue weighted by Crippen LogP contribution is -2.21. The zero-order valence-corrected chi connectivity index (χ0v) is 9.90. The van der Waals surface area contributed by atoms with Gasteiger partial charge in [0.05, 0.1) is 0 Å². The lowest BCUT2D eigenvalue weighted by atomic mass is 10.3. The van der Waals surface area contributed by atoms with Gasteiger partial charge in [-0.05, 0) is 18.6 Å². The largest absolute Gasteiger partial charge is 0.359 e. The highest BCUT2D eigenvalue weighted by molar-refractivity contribution is 5.75. The molecule has 2 rings (SSSR count). The van der Waals surface area contributed by atoms with E-state index in [0.29, 0.717) is 18.9 Å². The molecule has 0 saturated heterocycles. The van der Waals surface area contributed by atoms with Gasteiger partial charge in [-0.3, -0.25) is 4.79 Å². The molecule has 6 nitrogen and oxygen atoms in total. The van der Waals surface area contributed by atoms with Crippen molar-refractivity contribution in [1.29, 1.82) is 0 Å². The number of fused-ring (bicyclic) bond motifs is 1. The Bertz CT molecular complexity index is 534. The Kier molecular flexibility index (Phi) is 3.22. The molecule has 0 aliphatic heterocycles. The van der Waals surface area contributed by atoms with Crippen molar-refractivity contribution in [2.75, 3.05) is 18.9 Å². The zero-order chi connectivity index (χ0) is 12.3. The minimum absolute atomic E-state index is 0.00237. The Balaban J connectivity index is 2.05. The quantitative estimate of drug-likeness (QED) is 0.810. The molecule has 17 heavy (non-hydrogen) atoms. The average Bonchev–Trinajstić information content (AvgIpc) is 2.73. The molecule has 0 unspecified atom stereocenters. The van der Waals surface area contributed by atoms with Crippen LogP contribution in [-0.2, 0) is 4.79 Å². The first kappa shape index (κ1) is 11.4. The molecular formula is C11H15N5O. The first-order valence-electron chi connectivity index (χ1n) is 5.47. The van der Waals surface area contributed by atoms with E-state index in [1.165, 1.54) is 0 Å². The number of nitrogens with one attached hydrogen (secondary N) is 2. The highest BCUT2D eigenvalue weighted by atomic mass is 16.1. The number of aromatic nitrogens is 3. The lowest BCUT2D eigenvalue weighted by Gasteiger charge is -1.99. The number of rotatable bonds is 4. The SMILES string of the molecule is CNC(=O)CCNc1nc2c(C)cccn2n1. The van der Waals surface area contributed by atoms with Crippen LogP contribution >= 0.6 is 0 Å². The van der Waals surface area contributed by atoms with Crippen LogP contribution in [-0.4, -0.2) is 34.1 Å². The third-order valence-electron chi connectivity index (χ3n) is 2.47. The fourth-order valence-electron chi connectivity index (χ4n) is 1.53. The summed E-state index contributed by atoms with van der Waals surface area (Å²) in [6.07, 6.45) is 2.25. The summed E-state index contributed by atoms with van der Waals surface area (Å²) in [5, 5.41) is 9.84. The van der Waals surface area contributed by atoms with Crippen LogP contribution in [0.2, 0.25) is 0 Å². The van der Waals surface area contributed by atoms with Crippen LogP contribution < -0.4 is 10.6 Å². The fourth-order valence-corrected chi connectivity index (χ4v) is 1.53. The molecule has 0 spiro atoms. The van der Waals surface area contributed by atoms with Crippen LogP contribution in [0.4, 0.5) is 5.95 Å². The van der Waals surface area contributed by atoms with Crippen molar-refractivity contribution in [3.8, 4) is 0 Å². The van der Waals surface area contributed by atoms with E-state index in [2.05, 4.69) is 20.7 Å². The normalized spacial score (nSPS) is 10.5. The molecule has 2 heterocycles. The summed E-state index contributed by atoms with van der Waals surface area (Å²) in [4.78, 5) is 15.4. The van der Waals surface area contributed by atoms with E-state index < -0.39 is 0 Å². The second-order valence-corrected chi connectivity index (χ2v) is 3.74. The van der Waals surface area contributed by atoms with E-state index >= 15 is 0 Å². The molecule has 6 heteroatoms. The maximum Gasteiger partial charge on any atom is 0.243 e. The highest BCUT2D eigenvalue weighted by Gasteiger charge is 2.05. The molecule has 1 amide bonds. The Hall–Kier alpha value is -2.11. The van der Waals surface area contributed by atoms with Gasteiger partial charge < -0.3 is 10.6 Å². The average molecular weight is 233 g/mol. The summed E-state index contributed by atoms with van der Waals surface area (Å²) >= 11 is 0. The number of carbonyl (C=O) groups is 1. The standard InChI is InChI=1S/C11H15N5O/c1-8-4-3-7-16-10(8)14-11(15-16)13-6-5-9(17)12-2/h3-4,7H,5-6H2,1-2H3,(H,12,17)(H,13,15). The van der Waals surface area contributed by atoms with Crippen molar-refractivity contribution in [3.05, 3.63) is 23.9 Å². The molecule has 0 bridgehead atoms. The van der Waals surface area contributed by atoms with Gasteiger partial charge in [0, 0.05) is 26.2 Å². The van der Waals surface area contributed by atoms with Gasteiger partial charge in [0.25, 0.3) is 0 Å². The van der Waals surface area contributed by atoms with Gasteiger partial charge in [-0.2, -0.15) is 4.98 Å². The maximum atomic E-state index is 11.0. The Morgan fingerprint density at radius 1 is 1.53 bits per heavy atom. The summed E-state index contributed by atoms with van der Waals surface area (Å²) in [7, 11) is 1.62. The first-order chi connectivity index (χ1) is 8.20. The van der Waals surface area contributed by atoms with Crippen molar-refractivity contribution in [2.24, 2.45) is 0 Å². The van der Waals surface area contributed by atoms with E-state index in [-0.39, 0.29) is 5.91 Å². The third kappa shape index (κ3) is 2.52. The van der Waals surface area contributed by atoms with Crippen LogP contribution in [0.1, 0.15) is 12.0 Å². The van der Waals surface area contributed by atoms with Gasteiger partial charge in [-0.15, -0.1) is 5.10 Å². The van der Waals surface area contributed by atoms with Gasteiger partial charge in [0.1, 0.15) is 0 Å². The topological polar surface area (TPSA) is 71.3 Å². The predicted molar refractivity (Wildman–Crippen MR) is 64.9 cm³/mol. The molecule has 90 valence electrons. The zero-order valence-electron chi connectivity index (χ0n) is 9.90. The summed E-state index contributed by atoms with van der Waals surface area (Å²) in [6, 6.07) is 3.91. The number of hydrogen-bond donors (Lipinski definition) is 2. The number of aryl methyl sites for hydroxylation is 1. The lowest BCUT2D eigenvalue weighted by molar-refractivity contribution is -0.120. The van der Waals surface area contributed by atoms with Crippen molar-refractivity contribution >= 4 is 17.5 Å². The summed E-state index contributed by atoms with van der Waals surface area (Å²) in [5.74, 6) is 0.542. The van der Waals surface area contributed by atoms with Crippen molar-refractivity contribution in [3.63, 3.8) is 0 Å². The molecule has 0 atom stereocenters.